The second kappa shape index (κ2) is 6.97. The molecule has 1 aromatic carbocycles. The predicted molar refractivity (Wildman–Crippen MR) is 82.4 cm³/mol. The molecule has 1 heterocycles. The molecule has 0 spiro atoms. The summed E-state index contributed by atoms with van der Waals surface area (Å²) in [4.78, 5) is 8.31. The number of nitrogens with one attached hydrogen (secondary N) is 1. The Morgan fingerprint density at radius 1 is 1.15 bits per heavy atom. The lowest BCUT2D eigenvalue weighted by atomic mass is 10.3. The summed E-state index contributed by atoms with van der Waals surface area (Å²) in [5.41, 5.74) is 0. The Bertz CT molecular complexity index is 607. The first-order chi connectivity index (χ1) is 9.60. The Labute approximate surface area is 132 Å². The fourth-order valence-corrected chi connectivity index (χ4v) is 1.99. The van der Waals surface area contributed by atoms with Gasteiger partial charge < -0.3 is 10.1 Å². The van der Waals surface area contributed by atoms with Crippen LogP contribution < -0.4 is 10.1 Å². The van der Waals surface area contributed by atoms with Gasteiger partial charge in [-0.25, -0.2) is 4.98 Å². The van der Waals surface area contributed by atoms with Crippen molar-refractivity contribution >= 4 is 40.8 Å². The number of ether oxygens (including phenoxy) is 1. The van der Waals surface area contributed by atoms with E-state index in [-0.39, 0.29) is 0 Å². The summed E-state index contributed by atoms with van der Waals surface area (Å²) in [7, 11) is 0. The zero-order valence-electron chi connectivity index (χ0n) is 10.7. The van der Waals surface area contributed by atoms with Gasteiger partial charge >= 0.3 is 0 Å². The summed E-state index contributed by atoms with van der Waals surface area (Å²) < 4.78 is 5.60. The van der Waals surface area contributed by atoms with Crippen LogP contribution in [0.15, 0.2) is 24.4 Å². The molecular weight excluding hydrogens is 321 g/mol. The summed E-state index contributed by atoms with van der Waals surface area (Å²) in [6, 6.07) is 4.71. The van der Waals surface area contributed by atoms with Crippen LogP contribution in [-0.2, 0) is 0 Å². The monoisotopic (exact) mass is 331 g/mol. The van der Waals surface area contributed by atoms with Crippen molar-refractivity contribution < 1.29 is 4.74 Å². The van der Waals surface area contributed by atoms with Crippen molar-refractivity contribution in [2.24, 2.45) is 0 Å². The van der Waals surface area contributed by atoms with E-state index in [0.29, 0.717) is 32.6 Å². The maximum atomic E-state index is 6.05. The minimum atomic E-state index is 0.362. The molecular formula is C13H12Cl3N3O. The van der Waals surface area contributed by atoms with Crippen molar-refractivity contribution in [3.63, 3.8) is 0 Å². The van der Waals surface area contributed by atoms with Crippen LogP contribution in [0.1, 0.15) is 13.3 Å². The van der Waals surface area contributed by atoms with Gasteiger partial charge in [-0.05, 0) is 12.5 Å². The molecule has 7 heteroatoms. The highest BCUT2D eigenvalue weighted by Gasteiger charge is 2.09. The summed E-state index contributed by atoms with van der Waals surface area (Å²) in [6.45, 7) is 2.85. The SMILES string of the molecule is CCCNc1nccc(Oc2cc(Cl)c(Cl)cc2Cl)n1. The number of nitrogens with zero attached hydrogens (tertiary/aromatic N) is 2. The zero-order valence-corrected chi connectivity index (χ0v) is 12.9. The van der Waals surface area contributed by atoms with Gasteiger partial charge in [0.15, 0.2) is 0 Å². The third-order valence-corrected chi connectivity index (χ3v) is 3.37. The first-order valence-corrected chi connectivity index (χ1v) is 7.13. The number of rotatable bonds is 5. The lowest BCUT2D eigenvalue weighted by Crippen LogP contribution is -2.04. The van der Waals surface area contributed by atoms with Gasteiger partial charge in [0.25, 0.3) is 0 Å². The number of benzene rings is 1. The lowest BCUT2D eigenvalue weighted by Gasteiger charge is -2.09. The minimum absolute atomic E-state index is 0.362. The molecule has 0 fully saturated rings. The number of hydrogen-bond donors (Lipinski definition) is 1. The molecule has 4 nitrogen and oxygen atoms in total. The van der Waals surface area contributed by atoms with Crippen LogP contribution >= 0.6 is 34.8 Å². The van der Waals surface area contributed by atoms with E-state index in [1.54, 1.807) is 18.3 Å². The molecule has 0 radical (unpaired) electrons. The van der Waals surface area contributed by atoms with E-state index in [1.807, 2.05) is 0 Å². The van der Waals surface area contributed by atoms with E-state index < -0.39 is 0 Å². The fourth-order valence-electron chi connectivity index (χ4n) is 1.42. The third kappa shape index (κ3) is 3.88. The van der Waals surface area contributed by atoms with E-state index in [9.17, 15) is 0 Å². The van der Waals surface area contributed by atoms with Gasteiger partial charge in [0, 0.05) is 24.9 Å². The second-order valence-corrected chi connectivity index (χ2v) is 5.17. The molecule has 20 heavy (non-hydrogen) atoms. The van der Waals surface area contributed by atoms with E-state index in [4.69, 9.17) is 39.5 Å². The van der Waals surface area contributed by atoms with Gasteiger partial charge in [-0.2, -0.15) is 4.98 Å². The van der Waals surface area contributed by atoms with Crippen molar-refractivity contribution in [1.29, 1.82) is 0 Å². The molecule has 2 aromatic rings. The van der Waals surface area contributed by atoms with Crippen LogP contribution in [0, 0.1) is 0 Å². The van der Waals surface area contributed by atoms with Crippen LogP contribution in [0.4, 0.5) is 5.95 Å². The maximum Gasteiger partial charge on any atom is 0.225 e. The number of aromatic nitrogens is 2. The second-order valence-electron chi connectivity index (χ2n) is 3.94. The van der Waals surface area contributed by atoms with E-state index in [0.717, 1.165) is 13.0 Å². The number of halogens is 3. The van der Waals surface area contributed by atoms with Crippen LogP contribution in [0.25, 0.3) is 0 Å². The Morgan fingerprint density at radius 2 is 1.90 bits per heavy atom. The topological polar surface area (TPSA) is 47.0 Å². The highest BCUT2D eigenvalue weighted by atomic mass is 35.5. The predicted octanol–water partition coefficient (Wildman–Crippen LogP) is 5.05. The Morgan fingerprint density at radius 3 is 2.65 bits per heavy atom. The molecule has 0 aliphatic heterocycles. The molecule has 2 rings (SSSR count). The quantitative estimate of drug-likeness (QED) is 0.778. The van der Waals surface area contributed by atoms with Crippen molar-refractivity contribution in [3.05, 3.63) is 39.5 Å². The molecule has 0 saturated heterocycles. The molecule has 0 saturated carbocycles. The Balaban J connectivity index is 2.19. The minimum Gasteiger partial charge on any atom is -0.437 e. The third-order valence-electron chi connectivity index (χ3n) is 2.35. The fraction of sp³-hybridized carbons (Fsp3) is 0.231. The van der Waals surface area contributed by atoms with Gasteiger partial charge in [-0.15, -0.1) is 0 Å². The summed E-state index contributed by atoms with van der Waals surface area (Å²) >= 11 is 17.8. The van der Waals surface area contributed by atoms with Crippen LogP contribution in [0.3, 0.4) is 0 Å². The molecule has 1 aromatic heterocycles. The summed E-state index contributed by atoms with van der Waals surface area (Å²) in [5, 5.41) is 4.17. The van der Waals surface area contributed by atoms with Crippen molar-refractivity contribution in [3.8, 4) is 11.6 Å². The number of hydrogen-bond acceptors (Lipinski definition) is 4. The molecule has 0 unspecified atom stereocenters. The first-order valence-electron chi connectivity index (χ1n) is 5.99. The largest absolute Gasteiger partial charge is 0.437 e. The van der Waals surface area contributed by atoms with Crippen molar-refractivity contribution in [1.82, 2.24) is 9.97 Å². The zero-order chi connectivity index (χ0) is 14.5. The molecule has 106 valence electrons. The average molecular weight is 333 g/mol. The number of anilines is 1. The average Bonchev–Trinajstić information content (AvgIpc) is 2.43. The standard InChI is InChI=1S/C13H12Cl3N3O/c1-2-4-17-13-18-5-3-12(19-13)20-11-7-9(15)8(14)6-10(11)16/h3,5-7H,2,4H2,1H3,(H,17,18,19). The highest BCUT2D eigenvalue weighted by Crippen LogP contribution is 2.35. The Hall–Kier alpha value is -1.23. The molecule has 0 aliphatic rings. The molecule has 0 atom stereocenters. The van der Waals surface area contributed by atoms with Crippen molar-refractivity contribution in [2.75, 3.05) is 11.9 Å². The summed E-state index contributed by atoms with van der Waals surface area (Å²) in [5.74, 6) is 1.26. The molecule has 0 amide bonds. The summed E-state index contributed by atoms with van der Waals surface area (Å²) in [6.07, 6.45) is 2.58. The smallest absolute Gasteiger partial charge is 0.225 e. The van der Waals surface area contributed by atoms with E-state index in [1.165, 1.54) is 6.07 Å². The molecule has 1 N–H and O–H groups in total. The van der Waals surface area contributed by atoms with Crippen molar-refractivity contribution in [2.45, 2.75) is 13.3 Å². The lowest BCUT2D eigenvalue weighted by molar-refractivity contribution is 0.462. The van der Waals surface area contributed by atoms with Crippen LogP contribution in [-0.4, -0.2) is 16.5 Å². The normalized spacial score (nSPS) is 10.4. The van der Waals surface area contributed by atoms with Gasteiger partial charge in [0.05, 0.1) is 15.1 Å². The van der Waals surface area contributed by atoms with Gasteiger partial charge in [0.1, 0.15) is 5.75 Å². The highest BCUT2D eigenvalue weighted by molar-refractivity contribution is 6.43. The van der Waals surface area contributed by atoms with Gasteiger partial charge in [0.2, 0.25) is 11.8 Å². The molecule has 0 aliphatic carbocycles. The van der Waals surface area contributed by atoms with E-state index >= 15 is 0 Å². The molecule has 0 bridgehead atoms. The maximum absolute atomic E-state index is 6.05. The first kappa shape index (κ1) is 15.2. The van der Waals surface area contributed by atoms with Crippen LogP contribution in [0.2, 0.25) is 15.1 Å². The Kier molecular flexibility index (Phi) is 5.29. The van der Waals surface area contributed by atoms with Gasteiger partial charge in [-0.3, -0.25) is 0 Å². The van der Waals surface area contributed by atoms with Gasteiger partial charge in [-0.1, -0.05) is 41.7 Å². The van der Waals surface area contributed by atoms with E-state index in [2.05, 4.69) is 22.2 Å². The van der Waals surface area contributed by atoms with Crippen LogP contribution in [0.5, 0.6) is 11.6 Å².